The summed E-state index contributed by atoms with van der Waals surface area (Å²) in [5.41, 5.74) is 0.931. The zero-order valence-electron chi connectivity index (χ0n) is 16.8. The van der Waals surface area contributed by atoms with E-state index in [0.717, 1.165) is 42.5 Å². The predicted molar refractivity (Wildman–Crippen MR) is 111 cm³/mol. The lowest BCUT2D eigenvalue weighted by atomic mass is 9.92. The van der Waals surface area contributed by atoms with Crippen LogP contribution in [0.4, 0.5) is 20.4 Å². The summed E-state index contributed by atoms with van der Waals surface area (Å²) < 4.78 is 32.6. The van der Waals surface area contributed by atoms with Crippen LogP contribution in [0.2, 0.25) is 0 Å². The zero-order chi connectivity index (χ0) is 20.4. The molecule has 2 fully saturated rings. The van der Waals surface area contributed by atoms with E-state index in [2.05, 4.69) is 20.2 Å². The highest BCUT2D eigenvalue weighted by atomic mass is 32.1. The second-order valence-electron chi connectivity index (χ2n) is 7.95. The van der Waals surface area contributed by atoms with Crippen LogP contribution in [0.15, 0.2) is 11.4 Å². The molecule has 0 amide bonds. The highest BCUT2D eigenvalue weighted by molar-refractivity contribution is 7.13. The molecule has 29 heavy (non-hydrogen) atoms. The van der Waals surface area contributed by atoms with E-state index in [-0.39, 0.29) is 25.0 Å². The van der Waals surface area contributed by atoms with Gasteiger partial charge in [-0.05, 0) is 32.6 Å². The Morgan fingerprint density at radius 1 is 1.21 bits per heavy atom. The van der Waals surface area contributed by atoms with Crippen LogP contribution in [-0.2, 0) is 4.74 Å². The highest BCUT2D eigenvalue weighted by Crippen LogP contribution is 2.35. The fourth-order valence-corrected chi connectivity index (χ4v) is 4.68. The molecule has 1 unspecified atom stereocenters. The van der Waals surface area contributed by atoms with Crippen molar-refractivity contribution in [2.45, 2.75) is 63.5 Å². The molecule has 1 aliphatic carbocycles. The Morgan fingerprint density at radius 2 is 2.00 bits per heavy atom. The molecule has 4 rings (SSSR count). The number of methoxy groups -OCH3 is 1. The Bertz CT molecular complexity index is 836. The second kappa shape index (κ2) is 8.47. The van der Waals surface area contributed by atoms with Gasteiger partial charge in [0.05, 0.1) is 6.10 Å². The maximum atomic E-state index is 13.5. The second-order valence-corrected chi connectivity index (χ2v) is 8.81. The molecule has 1 saturated heterocycles. The largest absolute Gasteiger partial charge is 0.380 e. The molecule has 1 N–H and O–H groups in total. The fourth-order valence-electron chi connectivity index (χ4n) is 3.95. The molecular weight excluding hydrogens is 396 g/mol. The summed E-state index contributed by atoms with van der Waals surface area (Å²) in [4.78, 5) is 16.2. The molecule has 0 bridgehead atoms. The van der Waals surface area contributed by atoms with Crippen molar-refractivity contribution in [2.75, 3.05) is 30.4 Å². The van der Waals surface area contributed by atoms with Gasteiger partial charge in [0.15, 0.2) is 10.8 Å². The molecule has 0 radical (unpaired) electrons. The van der Waals surface area contributed by atoms with Crippen LogP contribution >= 0.6 is 11.3 Å². The Balaban J connectivity index is 1.60. The van der Waals surface area contributed by atoms with Gasteiger partial charge >= 0.3 is 0 Å². The number of ether oxygens (including phenoxy) is 1. The normalized spacial score (nSPS) is 22.6. The number of nitrogens with one attached hydrogen (secondary N) is 1. The molecule has 1 aliphatic heterocycles. The van der Waals surface area contributed by atoms with E-state index in [1.165, 1.54) is 11.3 Å². The maximum Gasteiger partial charge on any atom is 0.248 e. The molecule has 1 atom stereocenters. The van der Waals surface area contributed by atoms with Crippen LogP contribution < -0.4 is 10.2 Å². The number of anilines is 2. The number of thiazole rings is 1. The molecule has 0 spiro atoms. The number of hydrogen-bond acceptors (Lipinski definition) is 7. The van der Waals surface area contributed by atoms with Crippen molar-refractivity contribution in [3.8, 4) is 10.8 Å². The van der Waals surface area contributed by atoms with Gasteiger partial charge < -0.3 is 15.0 Å². The van der Waals surface area contributed by atoms with E-state index in [4.69, 9.17) is 9.72 Å². The van der Waals surface area contributed by atoms with Crippen molar-refractivity contribution < 1.29 is 13.5 Å². The van der Waals surface area contributed by atoms with Crippen molar-refractivity contribution in [1.29, 1.82) is 0 Å². The van der Waals surface area contributed by atoms with Crippen LogP contribution in [0.3, 0.4) is 0 Å². The van der Waals surface area contributed by atoms with Gasteiger partial charge in [-0.3, -0.25) is 0 Å². The first kappa shape index (κ1) is 20.4. The number of alkyl halides is 2. The zero-order valence-corrected chi connectivity index (χ0v) is 17.6. The van der Waals surface area contributed by atoms with Gasteiger partial charge in [0, 0.05) is 56.2 Å². The van der Waals surface area contributed by atoms with Gasteiger partial charge in [0.2, 0.25) is 5.92 Å². The van der Waals surface area contributed by atoms with Crippen molar-refractivity contribution in [1.82, 2.24) is 15.0 Å². The summed E-state index contributed by atoms with van der Waals surface area (Å²) >= 11 is 1.51. The lowest BCUT2D eigenvalue weighted by Gasteiger charge is -2.33. The SMILES string of the molecule is COC1CCCN(c2cc(NC3CCC(F)(F)CC3)nc(-c3nc(C)cs3)n2)C1. The number of rotatable bonds is 5. The monoisotopic (exact) mass is 423 g/mol. The number of aromatic nitrogens is 3. The summed E-state index contributed by atoms with van der Waals surface area (Å²) in [5, 5.41) is 6.12. The summed E-state index contributed by atoms with van der Waals surface area (Å²) in [5.74, 6) is -0.466. The third-order valence-electron chi connectivity index (χ3n) is 5.63. The third-order valence-corrected chi connectivity index (χ3v) is 6.58. The Labute approximate surface area is 173 Å². The lowest BCUT2D eigenvalue weighted by molar-refractivity contribution is -0.0361. The van der Waals surface area contributed by atoms with Crippen molar-refractivity contribution in [3.63, 3.8) is 0 Å². The minimum Gasteiger partial charge on any atom is -0.380 e. The van der Waals surface area contributed by atoms with Gasteiger partial charge in [-0.15, -0.1) is 11.3 Å². The molecule has 2 aromatic heterocycles. The molecule has 6 nitrogen and oxygen atoms in total. The maximum absolute atomic E-state index is 13.5. The standard InChI is InChI=1S/C20H27F2N5OS/c1-13-12-29-19(23-13)18-25-16(24-14-5-7-20(21,22)8-6-14)10-17(26-18)27-9-3-4-15(11-27)28-2/h10,12,14-15H,3-9,11H2,1-2H3,(H,24,25,26). The average Bonchev–Trinajstić information content (AvgIpc) is 3.16. The first-order valence-corrected chi connectivity index (χ1v) is 11.0. The van der Waals surface area contributed by atoms with E-state index < -0.39 is 5.92 Å². The molecular formula is C20H27F2N5OS. The predicted octanol–water partition coefficient (Wildman–Crippen LogP) is 4.51. The van der Waals surface area contributed by atoms with Crippen LogP contribution in [0.25, 0.3) is 10.8 Å². The van der Waals surface area contributed by atoms with Gasteiger partial charge in [0.1, 0.15) is 11.6 Å². The molecule has 1 saturated carbocycles. The summed E-state index contributed by atoms with van der Waals surface area (Å²) in [6, 6.07) is 1.92. The Hall–Kier alpha value is -1.87. The van der Waals surface area contributed by atoms with Crippen molar-refractivity contribution in [3.05, 3.63) is 17.1 Å². The molecule has 158 valence electrons. The lowest BCUT2D eigenvalue weighted by Crippen LogP contribution is -2.40. The van der Waals surface area contributed by atoms with Crippen LogP contribution in [0.5, 0.6) is 0 Å². The number of halogens is 2. The van der Waals surface area contributed by atoms with Crippen LogP contribution in [-0.4, -0.2) is 53.2 Å². The summed E-state index contributed by atoms with van der Waals surface area (Å²) in [6.07, 6.45) is 2.97. The number of piperidine rings is 1. The summed E-state index contributed by atoms with van der Waals surface area (Å²) in [6.45, 7) is 3.63. The van der Waals surface area contributed by atoms with Crippen molar-refractivity contribution >= 4 is 23.0 Å². The number of nitrogens with zero attached hydrogens (tertiary/aromatic N) is 4. The number of aryl methyl sites for hydroxylation is 1. The van der Waals surface area contributed by atoms with E-state index in [1.807, 2.05) is 18.4 Å². The fraction of sp³-hybridized carbons (Fsp3) is 0.650. The first-order chi connectivity index (χ1) is 13.9. The van der Waals surface area contributed by atoms with Crippen LogP contribution in [0.1, 0.15) is 44.2 Å². The molecule has 3 heterocycles. The molecule has 2 aromatic rings. The van der Waals surface area contributed by atoms with Gasteiger partial charge in [-0.2, -0.15) is 0 Å². The first-order valence-electron chi connectivity index (χ1n) is 10.2. The Kier molecular flexibility index (Phi) is 5.96. The topological polar surface area (TPSA) is 63.2 Å². The van der Waals surface area contributed by atoms with Crippen molar-refractivity contribution in [2.24, 2.45) is 0 Å². The van der Waals surface area contributed by atoms with Gasteiger partial charge in [-0.25, -0.2) is 23.7 Å². The number of hydrogen-bond donors (Lipinski definition) is 1. The smallest absolute Gasteiger partial charge is 0.248 e. The average molecular weight is 424 g/mol. The van der Waals surface area contributed by atoms with Crippen LogP contribution in [0, 0.1) is 6.92 Å². The van der Waals surface area contributed by atoms with E-state index in [0.29, 0.717) is 24.5 Å². The Morgan fingerprint density at radius 3 is 2.69 bits per heavy atom. The molecule has 9 heteroatoms. The van der Waals surface area contributed by atoms with E-state index in [1.54, 1.807) is 7.11 Å². The van der Waals surface area contributed by atoms with Gasteiger partial charge in [-0.1, -0.05) is 0 Å². The quantitative estimate of drug-likeness (QED) is 0.763. The van der Waals surface area contributed by atoms with E-state index >= 15 is 0 Å². The minimum atomic E-state index is -2.54. The molecule has 2 aliphatic rings. The minimum absolute atomic E-state index is 0.00339. The molecule has 0 aromatic carbocycles. The van der Waals surface area contributed by atoms with E-state index in [9.17, 15) is 8.78 Å². The highest BCUT2D eigenvalue weighted by Gasteiger charge is 2.35. The van der Waals surface area contributed by atoms with Gasteiger partial charge in [0.25, 0.3) is 0 Å². The third kappa shape index (κ3) is 5.01. The summed E-state index contributed by atoms with van der Waals surface area (Å²) in [7, 11) is 1.74.